The first-order chi connectivity index (χ1) is 13.3. The predicted octanol–water partition coefficient (Wildman–Crippen LogP) is 5.05. The summed E-state index contributed by atoms with van der Waals surface area (Å²) in [5, 5.41) is 0.399. The molecule has 0 aliphatic heterocycles. The summed E-state index contributed by atoms with van der Waals surface area (Å²) in [6, 6.07) is 9.47. The lowest BCUT2D eigenvalue weighted by atomic mass is 9.95. The van der Waals surface area contributed by atoms with Crippen LogP contribution in [0.5, 0.6) is 5.06 Å². The fourth-order valence-corrected chi connectivity index (χ4v) is 4.04. The van der Waals surface area contributed by atoms with Crippen LogP contribution in [0.3, 0.4) is 0 Å². The Bertz CT molecular complexity index is 1080. The number of methoxy groups -OCH3 is 1. The molecular formula is C21H18FNO4S. The number of halogens is 1. The molecule has 1 aromatic heterocycles. The normalized spacial score (nSPS) is 10.6. The molecule has 0 aliphatic carbocycles. The zero-order valence-corrected chi connectivity index (χ0v) is 16.6. The van der Waals surface area contributed by atoms with E-state index in [9.17, 15) is 14.0 Å². The van der Waals surface area contributed by atoms with Gasteiger partial charge in [0, 0.05) is 5.56 Å². The molecule has 28 heavy (non-hydrogen) atoms. The fourth-order valence-electron chi connectivity index (χ4n) is 3.09. The number of benzene rings is 2. The summed E-state index contributed by atoms with van der Waals surface area (Å²) in [5.41, 5.74) is 3.68. The van der Waals surface area contributed by atoms with Crippen LogP contribution < -0.4 is 10.3 Å². The van der Waals surface area contributed by atoms with E-state index in [1.165, 1.54) is 31.4 Å². The molecule has 0 saturated heterocycles. The first-order valence-corrected chi connectivity index (χ1v) is 9.27. The smallest absolute Gasteiger partial charge is 0.437 e. The summed E-state index contributed by atoms with van der Waals surface area (Å²) in [7, 11) is 1.19. The topological polar surface area (TPSA) is 65.5 Å². The van der Waals surface area contributed by atoms with Crippen molar-refractivity contribution in [2.24, 2.45) is 0 Å². The average molecular weight is 399 g/mol. The van der Waals surface area contributed by atoms with Gasteiger partial charge in [-0.3, -0.25) is 4.79 Å². The fraction of sp³-hybridized carbons (Fsp3) is 0.190. The third-order valence-electron chi connectivity index (χ3n) is 4.17. The summed E-state index contributed by atoms with van der Waals surface area (Å²) >= 11 is 1.03. The summed E-state index contributed by atoms with van der Waals surface area (Å²) in [6.07, 6.45) is -0.935. The number of rotatable bonds is 3. The van der Waals surface area contributed by atoms with E-state index in [2.05, 4.69) is 9.72 Å². The Hall–Kier alpha value is -3.06. The van der Waals surface area contributed by atoms with E-state index >= 15 is 0 Å². The van der Waals surface area contributed by atoms with Crippen molar-refractivity contribution in [2.45, 2.75) is 20.8 Å². The molecule has 0 saturated carbocycles. The van der Waals surface area contributed by atoms with Crippen LogP contribution in [-0.4, -0.2) is 18.2 Å². The van der Waals surface area contributed by atoms with Crippen molar-refractivity contribution in [1.29, 1.82) is 0 Å². The highest BCUT2D eigenvalue weighted by Crippen LogP contribution is 2.38. The summed E-state index contributed by atoms with van der Waals surface area (Å²) in [4.78, 5) is 28.9. The molecule has 0 aliphatic rings. The lowest BCUT2D eigenvalue weighted by molar-refractivity contribution is 0.123. The number of carbonyl (C=O) groups is 1. The van der Waals surface area contributed by atoms with Gasteiger partial charge in [0.1, 0.15) is 16.4 Å². The number of nitrogens with zero attached hydrogens (tertiary/aromatic N) is 1. The SMILES string of the molecule is COC(=O)Oc1sc(-c2ccc(F)cc2)nc(=O)c1-c1c(C)cc(C)cc1C. The van der Waals surface area contributed by atoms with Crippen molar-refractivity contribution in [3.05, 3.63) is 69.3 Å². The molecule has 0 bridgehead atoms. The van der Waals surface area contributed by atoms with Crippen LogP contribution in [0.4, 0.5) is 9.18 Å². The molecule has 7 heteroatoms. The second kappa shape index (κ2) is 7.90. The van der Waals surface area contributed by atoms with Crippen molar-refractivity contribution in [2.75, 3.05) is 7.11 Å². The minimum atomic E-state index is -0.935. The van der Waals surface area contributed by atoms with Crippen molar-refractivity contribution in [1.82, 2.24) is 4.98 Å². The number of ether oxygens (including phenoxy) is 2. The number of hydrogen-bond acceptors (Lipinski definition) is 6. The van der Waals surface area contributed by atoms with E-state index in [4.69, 9.17) is 4.74 Å². The monoisotopic (exact) mass is 399 g/mol. The molecule has 144 valence electrons. The predicted molar refractivity (Wildman–Crippen MR) is 106 cm³/mol. The molecule has 3 rings (SSSR count). The summed E-state index contributed by atoms with van der Waals surface area (Å²) < 4.78 is 23.1. The van der Waals surface area contributed by atoms with E-state index in [1.807, 2.05) is 32.9 Å². The summed E-state index contributed by atoms with van der Waals surface area (Å²) in [5.74, 6) is -0.398. The van der Waals surface area contributed by atoms with E-state index < -0.39 is 17.5 Å². The second-order valence-corrected chi connectivity index (χ2v) is 7.29. The highest BCUT2D eigenvalue weighted by atomic mass is 32.1. The third kappa shape index (κ3) is 3.94. The standard InChI is InChI=1S/C21H18FNO4S/c1-11-9-12(2)16(13(3)10-11)17-18(24)23-19(14-5-7-15(22)8-6-14)28-20(17)27-21(25)26-4/h5-10H,1-4H3. The Morgan fingerprint density at radius 1 is 1.04 bits per heavy atom. The minimum absolute atomic E-state index is 0.0845. The molecule has 0 fully saturated rings. The Balaban J connectivity index is 2.26. The van der Waals surface area contributed by atoms with Crippen LogP contribution >= 0.6 is 11.3 Å². The third-order valence-corrected chi connectivity index (χ3v) is 5.16. The lowest BCUT2D eigenvalue weighted by Gasteiger charge is -2.14. The number of carbonyl (C=O) groups excluding carboxylic acids is 1. The zero-order valence-electron chi connectivity index (χ0n) is 15.8. The van der Waals surface area contributed by atoms with Crippen molar-refractivity contribution in [3.8, 4) is 26.8 Å². The van der Waals surface area contributed by atoms with Gasteiger partial charge >= 0.3 is 6.16 Å². The van der Waals surface area contributed by atoms with Gasteiger partial charge in [-0.05, 0) is 61.7 Å². The van der Waals surface area contributed by atoms with E-state index in [1.54, 1.807) is 0 Å². The van der Waals surface area contributed by atoms with Crippen molar-refractivity contribution in [3.63, 3.8) is 0 Å². The van der Waals surface area contributed by atoms with Crippen LogP contribution in [0.15, 0.2) is 41.2 Å². The Kier molecular flexibility index (Phi) is 5.56. The molecule has 0 radical (unpaired) electrons. The molecule has 3 aromatic rings. The van der Waals surface area contributed by atoms with Gasteiger partial charge in [-0.2, -0.15) is 4.98 Å². The van der Waals surface area contributed by atoms with Gasteiger partial charge in [0.25, 0.3) is 5.56 Å². The molecule has 1 heterocycles. The number of hydrogen-bond donors (Lipinski definition) is 0. The minimum Gasteiger partial charge on any atom is -0.437 e. The van der Waals surface area contributed by atoms with Crippen LogP contribution in [0.2, 0.25) is 0 Å². The molecule has 0 N–H and O–H groups in total. The molecule has 0 unspecified atom stereocenters. The maximum absolute atomic E-state index is 13.2. The van der Waals surface area contributed by atoms with Gasteiger partial charge in [-0.1, -0.05) is 29.0 Å². The first kappa shape index (κ1) is 19.7. The summed E-state index contributed by atoms with van der Waals surface area (Å²) in [6.45, 7) is 5.73. The molecule has 0 atom stereocenters. The zero-order chi connectivity index (χ0) is 20.4. The maximum Gasteiger partial charge on any atom is 0.514 e. The Labute approximate surface area is 165 Å². The highest BCUT2D eigenvalue weighted by molar-refractivity contribution is 7.17. The molecule has 5 nitrogen and oxygen atoms in total. The Morgan fingerprint density at radius 3 is 2.21 bits per heavy atom. The largest absolute Gasteiger partial charge is 0.514 e. The van der Waals surface area contributed by atoms with Crippen LogP contribution in [0.1, 0.15) is 16.7 Å². The van der Waals surface area contributed by atoms with Gasteiger partial charge in [0.2, 0.25) is 5.06 Å². The second-order valence-electron chi connectivity index (χ2n) is 6.32. The highest BCUT2D eigenvalue weighted by Gasteiger charge is 2.22. The van der Waals surface area contributed by atoms with Crippen LogP contribution in [0, 0.1) is 26.6 Å². The van der Waals surface area contributed by atoms with Crippen molar-refractivity contribution < 1.29 is 18.7 Å². The van der Waals surface area contributed by atoms with Crippen molar-refractivity contribution >= 4 is 17.5 Å². The molecule has 0 amide bonds. The van der Waals surface area contributed by atoms with Gasteiger partial charge in [0.05, 0.1) is 7.11 Å². The quantitative estimate of drug-likeness (QED) is 0.577. The van der Waals surface area contributed by atoms with Gasteiger partial charge in [-0.25, -0.2) is 9.18 Å². The molecule has 2 aromatic carbocycles. The molecule has 0 spiro atoms. The van der Waals surface area contributed by atoms with Gasteiger partial charge < -0.3 is 9.47 Å². The van der Waals surface area contributed by atoms with Crippen LogP contribution in [-0.2, 0) is 4.74 Å². The molecular weight excluding hydrogens is 381 g/mol. The van der Waals surface area contributed by atoms with Crippen LogP contribution in [0.25, 0.3) is 21.7 Å². The number of aromatic nitrogens is 1. The maximum atomic E-state index is 13.2. The van der Waals surface area contributed by atoms with E-state index in [0.717, 1.165) is 28.0 Å². The van der Waals surface area contributed by atoms with Gasteiger partial charge in [0.15, 0.2) is 0 Å². The number of aryl methyl sites for hydroxylation is 3. The lowest BCUT2D eigenvalue weighted by Crippen LogP contribution is -2.15. The average Bonchev–Trinajstić information content (AvgIpc) is 2.63. The van der Waals surface area contributed by atoms with E-state index in [0.29, 0.717) is 16.1 Å². The Morgan fingerprint density at radius 2 is 1.64 bits per heavy atom. The van der Waals surface area contributed by atoms with Gasteiger partial charge in [-0.15, -0.1) is 0 Å². The first-order valence-electron chi connectivity index (χ1n) is 8.45. The van der Waals surface area contributed by atoms with E-state index in [-0.39, 0.29) is 10.6 Å².